The summed E-state index contributed by atoms with van der Waals surface area (Å²) in [6, 6.07) is 9.57. The van der Waals surface area contributed by atoms with Gasteiger partial charge >= 0.3 is 6.03 Å². The van der Waals surface area contributed by atoms with E-state index in [4.69, 9.17) is 9.15 Å². The number of carbonyl (C=O) groups is 1. The molecule has 1 aromatic heterocycles. The first-order valence-electron chi connectivity index (χ1n) is 7.94. The van der Waals surface area contributed by atoms with E-state index >= 15 is 0 Å². The molecule has 2 N–H and O–H groups in total. The highest BCUT2D eigenvalue weighted by Gasteiger charge is 2.15. The number of rotatable bonds is 6. The van der Waals surface area contributed by atoms with Crippen molar-refractivity contribution in [1.29, 1.82) is 0 Å². The van der Waals surface area contributed by atoms with Crippen LogP contribution < -0.4 is 10.6 Å². The molecular formula is C17H21N3O3. The standard InChI is InChI=1S/C17H21N3O3/c21-17(19-11-15-7-4-10-22-15)18-9-8-14-12-23-16(20-14)13-5-2-1-3-6-13/h1-3,5-6,12,15H,4,7-11H2,(H2,18,19,21)/t15-/m0/s1. The highest BCUT2D eigenvalue weighted by molar-refractivity contribution is 5.73. The predicted octanol–water partition coefficient (Wildman–Crippen LogP) is 2.36. The van der Waals surface area contributed by atoms with Gasteiger partial charge in [0.15, 0.2) is 0 Å². The third-order valence-electron chi connectivity index (χ3n) is 3.75. The minimum Gasteiger partial charge on any atom is -0.444 e. The van der Waals surface area contributed by atoms with Gasteiger partial charge < -0.3 is 19.8 Å². The first-order chi connectivity index (χ1) is 11.3. The van der Waals surface area contributed by atoms with E-state index in [1.54, 1.807) is 6.26 Å². The maximum Gasteiger partial charge on any atom is 0.314 e. The first-order valence-corrected chi connectivity index (χ1v) is 7.94. The van der Waals surface area contributed by atoms with Crippen LogP contribution in [0.1, 0.15) is 18.5 Å². The van der Waals surface area contributed by atoms with Crippen molar-refractivity contribution >= 4 is 6.03 Å². The Morgan fingerprint density at radius 2 is 2.13 bits per heavy atom. The summed E-state index contributed by atoms with van der Waals surface area (Å²) in [6.45, 7) is 1.87. The van der Waals surface area contributed by atoms with Crippen molar-refractivity contribution < 1.29 is 13.9 Å². The van der Waals surface area contributed by atoms with Crippen molar-refractivity contribution in [1.82, 2.24) is 15.6 Å². The molecule has 23 heavy (non-hydrogen) atoms. The van der Waals surface area contributed by atoms with Gasteiger partial charge in [0.25, 0.3) is 0 Å². The van der Waals surface area contributed by atoms with Gasteiger partial charge in [-0.15, -0.1) is 0 Å². The molecule has 0 bridgehead atoms. The van der Waals surface area contributed by atoms with Crippen LogP contribution in [0.4, 0.5) is 4.79 Å². The lowest BCUT2D eigenvalue weighted by Crippen LogP contribution is -2.40. The summed E-state index contributed by atoms with van der Waals surface area (Å²) in [4.78, 5) is 16.1. The Balaban J connectivity index is 1.39. The molecule has 0 radical (unpaired) electrons. The van der Waals surface area contributed by atoms with Gasteiger partial charge in [0.05, 0.1) is 11.8 Å². The zero-order chi connectivity index (χ0) is 15.9. The zero-order valence-electron chi connectivity index (χ0n) is 13.0. The summed E-state index contributed by atoms with van der Waals surface area (Å²) in [5, 5.41) is 5.64. The van der Waals surface area contributed by atoms with E-state index in [1.807, 2.05) is 30.3 Å². The largest absolute Gasteiger partial charge is 0.444 e. The van der Waals surface area contributed by atoms with Crippen molar-refractivity contribution in [3.63, 3.8) is 0 Å². The summed E-state index contributed by atoms with van der Waals surface area (Å²) in [7, 11) is 0. The smallest absolute Gasteiger partial charge is 0.314 e. The number of benzene rings is 1. The van der Waals surface area contributed by atoms with Gasteiger partial charge in [-0.3, -0.25) is 0 Å². The van der Waals surface area contributed by atoms with Crippen molar-refractivity contribution in [2.24, 2.45) is 0 Å². The normalized spacial score (nSPS) is 17.1. The van der Waals surface area contributed by atoms with Gasteiger partial charge in [0.2, 0.25) is 5.89 Å². The Labute approximate surface area is 135 Å². The van der Waals surface area contributed by atoms with Crippen molar-refractivity contribution in [3.05, 3.63) is 42.3 Å². The lowest BCUT2D eigenvalue weighted by molar-refractivity contribution is 0.111. The van der Waals surface area contributed by atoms with Crippen LogP contribution in [0.3, 0.4) is 0 Å². The van der Waals surface area contributed by atoms with Gasteiger partial charge in [0, 0.05) is 31.7 Å². The summed E-state index contributed by atoms with van der Waals surface area (Å²) in [5.74, 6) is 0.600. The molecule has 2 amide bonds. The second-order valence-electron chi connectivity index (χ2n) is 5.53. The Morgan fingerprint density at radius 1 is 1.26 bits per heavy atom. The molecule has 6 nitrogen and oxygen atoms in total. The molecule has 1 atom stereocenters. The minimum absolute atomic E-state index is 0.157. The molecule has 0 spiro atoms. The summed E-state index contributed by atoms with van der Waals surface area (Å²) >= 11 is 0. The number of hydrogen-bond acceptors (Lipinski definition) is 4. The molecular weight excluding hydrogens is 294 g/mol. The minimum atomic E-state index is -0.174. The highest BCUT2D eigenvalue weighted by atomic mass is 16.5. The average molecular weight is 315 g/mol. The number of aromatic nitrogens is 1. The van der Waals surface area contributed by atoms with E-state index in [1.165, 1.54) is 0 Å². The number of nitrogens with one attached hydrogen (secondary N) is 2. The first kappa shape index (κ1) is 15.6. The molecule has 1 aliphatic rings. The van der Waals surface area contributed by atoms with Crippen molar-refractivity contribution in [3.8, 4) is 11.5 Å². The molecule has 1 saturated heterocycles. The zero-order valence-corrected chi connectivity index (χ0v) is 13.0. The van der Waals surface area contributed by atoms with Crippen LogP contribution >= 0.6 is 0 Å². The van der Waals surface area contributed by atoms with Gasteiger partial charge in [-0.05, 0) is 25.0 Å². The van der Waals surface area contributed by atoms with Gasteiger partial charge in [-0.1, -0.05) is 18.2 Å². The van der Waals surface area contributed by atoms with Crippen molar-refractivity contribution in [2.75, 3.05) is 19.7 Å². The number of hydrogen-bond donors (Lipinski definition) is 2. The second-order valence-corrected chi connectivity index (χ2v) is 5.53. The molecule has 0 aliphatic carbocycles. The third-order valence-corrected chi connectivity index (χ3v) is 3.75. The second kappa shape index (κ2) is 7.78. The van der Waals surface area contributed by atoms with Crippen LogP contribution in [-0.4, -0.2) is 36.8 Å². The Morgan fingerprint density at radius 3 is 2.91 bits per heavy atom. The molecule has 1 aliphatic heterocycles. The van der Waals surface area contributed by atoms with Crippen LogP contribution in [0.5, 0.6) is 0 Å². The van der Waals surface area contributed by atoms with Gasteiger partial charge in [-0.25, -0.2) is 9.78 Å². The molecule has 1 aromatic carbocycles. The molecule has 2 aromatic rings. The molecule has 2 heterocycles. The van der Waals surface area contributed by atoms with E-state index in [0.29, 0.717) is 25.4 Å². The van der Waals surface area contributed by atoms with Crippen LogP contribution in [0.25, 0.3) is 11.5 Å². The Hall–Kier alpha value is -2.34. The van der Waals surface area contributed by atoms with Crippen molar-refractivity contribution in [2.45, 2.75) is 25.4 Å². The van der Waals surface area contributed by atoms with E-state index in [2.05, 4.69) is 15.6 Å². The quantitative estimate of drug-likeness (QED) is 0.858. The fourth-order valence-electron chi connectivity index (χ4n) is 2.51. The third kappa shape index (κ3) is 4.56. The van der Waals surface area contributed by atoms with Crippen LogP contribution in [-0.2, 0) is 11.2 Å². The summed E-state index contributed by atoms with van der Waals surface area (Å²) in [6.07, 6.45) is 4.51. The van der Waals surface area contributed by atoms with Gasteiger partial charge in [-0.2, -0.15) is 0 Å². The summed E-state index contributed by atoms with van der Waals surface area (Å²) in [5.41, 5.74) is 1.77. The fourth-order valence-corrected chi connectivity index (χ4v) is 2.51. The number of ether oxygens (including phenoxy) is 1. The molecule has 0 unspecified atom stereocenters. The van der Waals surface area contributed by atoms with Crippen LogP contribution in [0.2, 0.25) is 0 Å². The SMILES string of the molecule is O=C(NCCc1coc(-c2ccccc2)n1)NC[C@@H]1CCCO1. The lowest BCUT2D eigenvalue weighted by atomic mass is 10.2. The van der Waals surface area contributed by atoms with E-state index in [-0.39, 0.29) is 12.1 Å². The predicted molar refractivity (Wildman–Crippen MR) is 86.0 cm³/mol. The molecule has 0 saturated carbocycles. The fraction of sp³-hybridized carbons (Fsp3) is 0.412. The number of amides is 2. The topological polar surface area (TPSA) is 76.4 Å². The molecule has 3 rings (SSSR count). The Kier molecular flexibility index (Phi) is 5.26. The monoisotopic (exact) mass is 315 g/mol. The highest BCUT2D eigenvalue weighted by Crippen LogP contribution is 2.17. The maximum atomic E-state index is 11.7. The van der Waals surface area contributed by atoms with Crippen LogP contribution in [0.15, 0.2) is 41.0 Å². The maximum absolute atomic E-state index is 11.7. The molecule has 6 heteroatoms. The summed E-state index contributed by atoms with van der Waals surface area (Å²) < 4.78 is 10.9. The Bertz CT molecular complexity index is 621. The van der Waals surface area contributed by atoms with Gasteiger partial charge in [0.1, 0.15) is 6.26 Å². The van der Waals surface area contributed by atoms with E-state index in [9.17, 15) is 4.79 Å². The lowest BCUT2D eigenvalue weighted by Gasteiger charge is -2.11. The van der Waals surface area contributed by atoms with E-state index < -0.39 is 0 Å². The number of nitrogens with zero attached hydrogens (tertiary/aromatic N) is 1. The number of urea groups is 1. The number of carbonyl (C=O) groups excluding carboxylic acids is 1. The average Bonchev–Trinajstić information content (AvgIpc) is 3.26. The molecule has 122 valence electrons. The number of oxazole rings is 1. The van der Waals surface area contributed by atoms with E-state index in [0.717, 1.165) is 30.7 Å². The molecule has 1 fully saturated rings. The van der Waals surface area contributed by atoms with Crippen LogP contribution in [0, 0.1) is 0 Å².